The van der Waals surface area contributed by atoms with E-state index >= 15 is 0 Å². The van der Waals surface area contributed by atoms with Crippen LogP contribution in [0, 0.1) is 0 Å². The summed E-state index contributed by atoms with van der Waals surface area (Å²) >= 11 is 5.87. The number of para-hydroxylation sites is 1. The number of nitrogen functional groups attached to an aromatic ring is 1. The quantitative estimate of drug-likeness (QED) is 0.398. The van der Waals surface area contributed by atoms with Crippen LogP contribution in [0.4, 0.5) is 5.95 Å². The van der Waals surface area contributed by atoms with Gasteiger partial charge in [0, 0.05) is 12.5 Å². The molecule has 1 aromatic heterocycles. The zero-order valence-electron chi connectivity index (χ0n) is 16.5. The van der Waals surface area contributed by atoms with E-state index in [1.165, 1.54) is 6.07 Å². The Bertz CT molecular complexity index is 948. The summed E-state index contributed by atoms with van der Waals surface area (Å²) in [6.07, 6.45) is 0.318. The van der Waals surface area contributed by atoms with E-state index in [9.17, 15) is 4.79 Å². The van der Waals surface area contributed by atoms with Crippen molar-refractivity contribution in [3.05, 3.63) is 71.4 Å². The van der Waals surface area contributed by atoms with Gasteiger partial charge in [-0.2, -0.15) is 4.98 Å². The van der Waals surface area contributed by atoms with E-state index in [0.717, 1.165) is 5.56 Å². The molecule has 0 aliphatic carbocycles. The van der Waals surface area contributed by atoms with Gasteiger partial charge in [0.05, 0.1) is 13.0 Å². The Hall–Kier alpha value is -3.32. The summed E-state index contributed by atoms with van der Waals surface area (Å²) in [5, 5.41) is 0.203. The fraction of sp³-hybridized carbons (Fsp3) is 0.227. The fourth-order valence-electron chi connectivity index (χ4n) is 2.80. The molecule has 1 unspecified atom stereocenters. The number of carbonyl (C=O) groups excluding carboxylic acids is 1. The van der Waals surface area contributed by atoms with Crippen LogP contribution >= 0.6 is 11.6 Å². The molecule has 2 aromatic carbocycles. The topological polar surface area (TPSA) is 96.6 Å². The molecule has 0 bridgehead atoms. The highest BCUT2D eigenvalue weighted by Crippen LogP contribution is 2.24. The first-order chi connectivity index (χ1) is 14.5. The monoisotopic (exact) mass is 427 g/mol. The van der Waals surface area contributed by atoms with Gasteiger partial charge in [0.2, 0.25) is 11.8 Å². The van der Waals surface area contributed by atoms with Crippen LogP contribution in [0.1, 0.15) is 18.9 Å². The molecule has 8 heteroatoms. The Balaban J connectivity index is 1.68. The second-order valence-corrected chi connectivity index (χ2v) is 6.79. The Morgan fingerprint density at radius 1 is 1.07 bits per heavy atom. The van der Waals surface area contributed by atoms with E-state index in [1.54, 1.807) is 19.1 Å². The maximum atomic E-state index is 12.0. The van der Waals surface area contributed by atoms with Crippen LogP contribution in [-0.4, -0.2) is 28.6 Å². The third-order valence-electron chi connectivity index (χ3n) is 4.04. The maximum absolute atomic E-state index is 12.0. The third kappa shape index (κ3) is 6.63. The molecule has 0 radical (unpaired) electrons. The van der Waals surface area contributed by atoms with Crippen LogP contribution in [0.25, 0.3) is 0 Å². The van der Waals surface area contributed by atoms with Gasteiger partial charge < -0.3 is 19.9 Å². The Kier molecular flexibility index (Phi) is 7.45. The average Bonchev–Trinajstić information content (AvgIpc) is 2.69. The summed E-state index contributed by atoms with van der Waals surface area (Å²) in [7, 11) is 0. The van der Waals surface area contributed by atoms with Crippen LogP contribution in [0.2, 0.25) is 5.15 Å². The van der Waals surface area contributed by atoms with Crippen LogP contribution in [-0.2, 0) is 16.0 Å². The number of nitrogens with two attached hydrogens (primary N) is 1. The summed E-state index contributed by atoms with van der Waals surface area (Å²) in [6.45, 7) is 2.11. The summed E-state index contributed by atoms with van der Waals surface area (Å²) < 4.78 is 16.8. The summed E-state index contributed by atoms with van der Waals surface area (Å²) in [5.74, 6) is 1.27. The molecular weight excluding hydrogens is 406 g/mol. The minimum Gasteiger partial charge on any atom is -0.489 e. The van der Waals surface area contributed by atoms with E-state index in [1.807, 2.05) is 42.5 Å². The molecule has 156 valence electrons. The first-order valence-electron chi connectivity index (χ1n) is 9.46. The fourth-order valence-corrected chi connectivity index (χ4v) is 2.98. The number of nitrogens with zero attached hydrogens (tertiary/aromatic N) is 2. The lowest BCUT2D eigenvalue weighted by atomic mass is 10.1. The Morgan fingerprint density at radius 2 is 1.80 bits per heavy atom. The first-order valence-corrected chi connectivity index (χ1v) is 9.84. The summed E-state index contributed by atoms with van der Waals surface area (Å²) in [4.78, 5) is 19.8. The number of aromatic nitrogens is 2. The Morgan fingerprint density at radius 3 is 2.47 bits per heavy atom. The van der Waals surface area contributed by atoms with Crippen molar-refractivity contribution in [1.82, 2.24) is 9.97 Å². The standard InChI is InChI=1S/C22H22ClN3O4/c1-2-28-21(27)13-18(29-16-6-4-3-5-7-16)12-15-8-10-17(11-9-15)30-20-14-19(23)25-22(24)26-20/h3-11,14,18H,2,12-13H2,1H3,(H2,24,25,26). The van der Waals surface area contributed by atoms with Gasteiger partial charge in [-0.1, -0.05) is 41.9 Å². The molecule has 7 nitrogen and oxygen atoms in total. The van der Waals surface area contributed by atoms with Crippen molar-refractivity contribution in [3.63, 3.8) is 0 Å². The van der Waals surface area contributed by atoms with Crippen molar-refractivity contribution in [2.45, 2.75) is 25.9 Å². The second kappa shape index (κ2) is 10.5. The van der Waals surface area contributed by atoms with Crippen LogP contribution in [0.3, 0.4) is 0 Å². The van der Waals surface area contributed by atoms with Crippen molar-refractivity contribution in [1.29, 1.82) is 0 Å². The maximum Gasteiger partial charge on any atom is 0.309 e. The van der Waals surface area contributed by atoms with Gasteiger partial charge >= 0.3 is 5.97 Å². The molecule has 0 aliphatic rings. The van der Waals surface area contributed by atoms with Crippen molar-refractivity contribution in [2.24, 2.45) is 0 Å². The van der Waals surface area contributed by atoms with Gasteiger partial charge in [-0.25, -0.2) is 4.98 Å². The van der Waals surface area contributed by atoms with Crippen molar-refractivity contribution < 1.29 is 19.0 Å². The number of halogens is 1. The molecule has 3 aromatic rings. The van der Waals surface area contributed by atoms with Crippen molar-refractivity contribution in [2.75, 3.05) is 12.3 Å². The molecule has 1 atom stereocenters. The van der Waals surface area contributed by atoms with Gasteiger partial charge in [0.1, 0.15) is 22.8 Å². The van der Waals surface area contributed by atoms with E-state index in [4.69, 9.17) is 31.5 Å². The lowest BCUT2D eigenvalue weighted by molar-refractivity contribution is -0.144. The second-order valence-electron chi connectivity index (χ2n) is 6.40. The molecule has 3 rings (SSSR count). The summed E-state index contributed by atoms with van der Waals surface area (Å²) in [6, 6.07) is 18.3. The zero-order chi connectivity index (χ0) is 21.3. The van der Waals surface area contributed by atoms with E-state index < -0.39 is 0 Å². The van der Waals surface area contributed by atoms with E-state index in [2.05, 4.69) is 9.97 Å². The Labute approximate surface area is 179 Å². The highest BCUT2D eigenvalue weighted by molar-refractivity contribution is 6.29. The van der Waals surface area contributed by atoms with Gasteiger partial charge in [-0.3, -0.25) is 4.79 Å². The predicted molar refractivity (Wildman–Crippen MR) is 114 cm³/mol. The van der Waals surface area contributed by atoms with Crippen LogP contribution < -0.4 is 15.2 Å². The minimum absolute atomic E-state index is 0.0361. The smallest absolute Gasteiger partial charge is 0.309 e. The molecule has 0 saturated heterocycles. The number of benzene rings is 2. The molecule has 0 amide bonds. The van der Waals surface area contributed by atoms with E-state index in [-0.39, 0.29) is 35.5 Å². The number of hydrogen-bond acceptors (Lipinski definition) is 7. The number of carbonyl (C=O) groups is 1. The number of esters is 1. The molecule has 30 heavy (non-hydrogen) atoms. The average molecular weight is 428 g/mol. The van der Waals surface area contributed by atoms with Gasteiger partial charge in [0.15, 0.2) is 0 Å². The van der Waals surface area contributed by atoms with Gasteiger partial charge in [-0.15, -0.1) is 0 Å². The highest BCUT2D eigenvalue weighted by atomic mass is 35.5. The largest absolute Gasteiger partial charge is 0.489 e. The van der Waals surface area contributed by atoms with Crippen LogP contribution in [0.5, 0.6) is 17.4 Å². The number of hydrogen-bond donors (Lipinski definition) is 1. The van der Waals surface area contributed by atoms with Crippen LogP contribution in [0.15, 0.2) is 60.7 Å². The third-order valence-corrected chi connectivity index (χ3v) is 4.24. The SMILES string of the molecule is CCOC(=O)CC(Cc1ccc(Oc2cc(Cl)nc(N)n2)cc1)Oc1ccccc1. The highest BCUT2D eigenvalue weighted by Gasteiger charge is 2.18. The number of rotatable bonds is 9. The van der Waals surface area contributed by atoms with E-state index in [0.29, 0.717) is 24.5 Å². The molecule has 0 spiro atoms. The predicted octanol–water partition coefficient (Wildman–Crippen LogP) is 4.45. The number of anilines is 1. The minimum atomic E-state index is -0.362. The first kappa shape index (κ1) is 21.4. The lowest BCUT2D eigenvalue weighted by Gasteiger charge is -2.19. The normalized spacial score (nSPS) is 11.5. The molecular formula is C22H22ClN3O4. The molecule has 0 fully saturated rings. The molecule has 1 heterocycles. The van der Waals surface area contributed by atoms with Crippen molar-refractivity contribution >= 4 is 23.5 Å². The van der Waals surface area contributed by atoms with Crippen molar-refractivity contribution in [3.8, 4) is 17.4 Å². The lowest BCUT2D eigenvalue weighted by Crippen LogP contribution is -2.24. The molecule has 0 aliphatic heterocycles. The van der Waals surface area contributed by atoms with Gasteiger partial charge in [0.25, 0.3) is 0 Å². The summed E-state index contributed by atoms with van der Waals surface area (Å²) in [5.41, 5.74) is 6.56. The van der Waals surface area contributed by atoms with Gasteiger partial charge in [-0.05, 0) is 36.8 Å². The molecule has 0 saturated carbocycles. The number of ether oxygens (including phenoxy) is 3. The zero-order valence-corrected chi connectivity index (χ0v) is 17.2. The molecule has 2 N–H and O–H groups in total.